The number of carboxylic acids is 1. The molecular formula is C19H17ClN2O3. The molecule has 0 saturated heterocycles. The molecule has 5 nitrogen and oxygen atoms in total. The molecule has 0 fully saturated rings. The minimum absolute atomic E-state index is 0.0302. The van der Waals surface area contributed by atoms with Gasteiger partial charge in [-0.1, -0.05) is 48.0 Å². The number of carbonyl (C=O) groups excluding carboxylic acids is 1. The van der Waals surface area contributed by atoms with Gasteiger partial charge in [0.1, 0.15) is 12.6 Å². The highest BCUT2D eigenvalue weighted by atomic mass is 35.5. The Labute approximate surface area is 149 Å². The SMILES string of the molecule is O=C(Cn1ccc2ccc(Cl)cc21)N[C@@H](Cc1ccccc1)C(=O)O. The molecule has 0 bridgehead atoms. The largest absolute Gasteiger partial charge is 0.480 e. The number of nitrogens with one attached hydrogen (secondary N) is 1. The van der Waals surface area contributed by atoms with Gasteiger partial charge in [-0.15, -0.1) is 0 Å². The monoisotopic (exact) mass is 356 g/mol. The molecule has 3 rings (SSSR count). The van der Waals surface area contributed by atoms with Gasteiger partial charge in [0, 0.05) is 23.2 Å². The molecule has 128 valence electrons. The zero-order valence-electron chi connectivity index (χ0n) is 13.4. The molecule has 25 heavy (non-hydrogen) atoms. The average molecular weight is 357 g/mol. The second-order valence-electron chi connectivity index (χ2n) is 5.79. The Morgan fingerprint density at radius 3 is 2.60 bits per heavy atom. The van der Waals surface area contributed by atoms with Crippen molar-refractivity contribution >= 4 is 34.4 Å². The Morgan fingerprint density at radius 2 is 1.88 bits per heavy atom. The highest BCUT2D eigenvalue weighted by Crippen LogP contribution is 2.20. The maximum Gasteiger partial charge on any atom is 0.326 e. The number of hydrogen-bond acceptors (Lipinski definition) is 2. The number of aromatic nitrogens is 1. The van der Waals surface area contributed by atoms with Crippen LogP contribution in [0.3, 0.4) is 0 Å². The summed E-state index contributed by atoms with van der Waals surface area (Å²) in [5, 5.41) is 13.5. The molecule has 0 saturated carbocycles. The summed E-state index contributed by atoms with van der Waals surface area (Å²) in [7, 11) is 0. The molecule has 0 aliphatic heterocycles. The van der Waals surface area contributed by atoms with Crippen LogP contribution in [0, 0.1) is 0 Å². The van der Waals surface area contributed by atoms with Crippen molar-refractivity contribution in [2.45, 2.75) is 19.0 Å². The fourth-order valence-electron chi connectivity index (χ4n) is 2.74. The molecule has 2 aromatic carbocycles. The molecular weight excluding hydrogens is 340 g/mol. The standard InChI is InChI=1S/C19H17ClN2O3/c20-15-7-6-14-8-9-22(17(14)11-15)12-18(23)21-16(19(24)25)10-13-4-2-1-3-5-13/h1-9,11,16H,10,12H2,(H,21,23)(H,24,25)/t16-/m0/s1. The van der Waals surface area contributed by atoms with Crippen molar-refractivity contribution in [1.29, 1.82) is 0 Å². The zero-order chi connectivity index (χ0) is 17.8. The van der Waals surface area contributed by atoms with Crippen LogP contribution in [-0.4, -0.2) is 27.6 Å². The predicted molar refractivity (Wildman–Crippen MR) is 96.7 cm³/mol. The van der Waals surface area contributed by atoms with Crippen LogP contribution in [-0.2, 0) is 22.6 Å². The number of amides is 1. The van der Waals surface area contributed by atoms with Crippen molar-refractivity contribution in [2.75, 3.05) is 0 Å². The Kier molecular flexibility index (Phi) is 5.05. The lowest BCUT2D eigenvalue weighted by molar-refractivity contribution is -0.141. The lowest BCUT2D eigenvalue weighted by Gasteiger charge is -2.15. The molecule has 0 radical (unpaired) electrons. The number of fused-ring (bicyclic) bond motifs is 1. The van der Waals surface area contributed by atoms with Crippen LogP contribution in [0.2, 0.25) is 5.02 Å². The number of halogens is 1. The van der Waals surface area contributed by atoms with Crippen molar-refractivity contribution in [2.24, 2.45) is 0 Å². The summed E-state index contributed by atoms with van der Waals surface area (Å²) in [4.78, 5) is 23.8. The molecule has 3 aromatic rings. The third-order valence-electron chi connectivity index (χ3n) is 3.97. The van der Waals surface area contributed by atoms with Gasteiger partial charge in [0.15, 0.2) is 0 Å². The lowest BCUT2D eigenvalue weighted by Crippen LogP contribution is -2.43. The van der Waals surface area contributed by atoms with E-state index in [0.29, 0.717) is 5.02 Å². The molecule has 0 aliphatic rings. The van der Waals surface area contributed by atoms with Crippen LogP contribution < -0.4 is 5.32 Å². The highest BCUT2D eigenvalue weighted by Gasteiger charge is 2.20. The number of benzene rings is 2. The Bertz CT molecular complexity index is 905. The van der Waals surface area contributed by atoms with Gasteiger partial charge in [-0.3, -0.25) is 4.79 Å². The quantitative estimate of drug-likeness (QED) is 0.713. The second kappa shape index (κ2) is 7.40. The fraction of sp³-hybridized carbons (Fsp3) is 0.158. The number of carboxylic acid groups (broad SMARTS) is 1. The summed E-state index contributed by atoms with van der Waals surface area (Å²) in [5.41, 5.74) is 1.69. The van der Waals surface area contributed by atoms with E-state index in [1.807, 2.05) is 42.5 Å². The van der Waals surface area contributed by atoms with Crippen LogP contribution in [0.15, 0.2) is 60.8 Å². The van der Waals surface area contributed by atoms with Gasteiger partial charge in [0.05, 0.1) is 0 Å². The van der Waals surface area contributed by atoms with Gasteiger partial charge >= 0.3 is 5.97 Å². The van der Waals surface area contributed by atoms with Crippen LogP contribution in [0.4, 0.5) is 0 Å². The van der Waals surface area contributed by atoms with E-state index in [-0.39, 0.29) is 18.9 Å². The van der Waals surface area contributed by atoms with Crippen molar-refractivity contribution in [1.82, 2.24) is 9.88 Å². The van der Waals surface area contributed by atoms with Crippen LogP contribution in [0.25, 0.3) is 10.9 Å². The van der Waals surface area contributed by atoms with Crippen molar-refractivity contribution in [3.8, 4) is 0 Å². The van der Waals surface area contributed by atoms with E-state index in [4.69, 9.17) is 11.6 Å². The van der Waals surface area contributed by atoms with E-state index in [1.54, 1.807) is 22.9 Å². The summed E-state index contributed by atoms with van der Waals surface area (Å²) in [6.07, 6.45) is 2.02. The minimum Gasteiger partial charge on any atom is -0.480 e. The van der Waals surface area contributed by atoms with E-state index < -0.39 is 12.0 Å². The van der Waals surface area contributed by atoms with Crippen molar-refractivity contribution < 1.29 is 14.7 Å². The summed E-state index contributed by atoms with van der Waals surface area (Å²) >= 11 is 6.01. The van der Waals surface area contributed by atoms with Gasteiger partial charge < -0.3 is 15.0 Å². The Balaban J connectivity index is 1.71. The lowest BCUT2D eigenvalue weighted by atomic mass is 10.1. The number of hydrogen-bond donors (Lipinski definition) is 2. The first-order valence-electron chi connectivity index (χ1n) is 7.83. The molecule has 6 heteroatoms. The van der Waals surface area contributed by atoms with E-state index >= 15 is 0 Å². The molecule has 0 unspecified atom stereocenters. The summed E-state index contributed by atoms with van der Waals surface area (Å²) in [6.45, 7) is 0.0302. The average Bonchev–Trinajstić information content (AvgIpc) is 2.97. The third-order valence-corrected chi connectivity index (χ3v) is 4.20. The number of aliphatic carboxylic acids is 1. The Morgan fingerprint density at radius 1 is 1.12 bits per heavy atom. The highest BCUT2D eigenvalue weighted by molar-refractivity contribution is 6.31. The maximum absolute atomic E-state index is 12.3. The van der Waals surface area contributed by atoms with Gasteiger partial charge in [0.25, 0.3) is 0 Å². The topological polar surface area (TPSA) is 71.3 Å². The molecule has 1 aromatic heterocycles. The molecule has 0 spiro atoms. The van der Waals surface area contributed by atoms with Crippen LogP contribution in [0.1, 0.15) is 5.56 Å². The molecule has 0 aliphatic carbocycles. The van der Waals surface area contributed by atoms with Crippen LogP contribution >= 0.6 is 11.6 Å². The molecule has 1 heterocycles. The van der Waals surface area contributed by atoms with E-state index in [0.717, 1.165) is 16.5 Å². The predicted octanol–water partition coefficient (Wildman–Crippen LogP) is 3.11. The summed E-state index contributed by atoms with van der Waals surface area (Å²) in [6, 6.07) is 15.6. The maximum atomic E-state index is 12.3. The Hall–Kier alpha value is -2.79. The third kappa shape index (κ3) is 4.19. The summed E-state index contributed by atoms with van der Waals surface area (Å²) in [5.74, 6) is -1.42. The zero-order valence-corrected chi connectivity index (χ0v) is 14.1. The first-order chi connectivity index (χ1) is 12.0. The fourth-order valence-corrected chi connectivity index (χ4v) is 2.91. The van der Waals surface area contributed by atoms with Gasteiger partial charge in [0.2, 0.25) is 5.91 Å². The normalized spacial score (nSPS) is 12.0. The minimum atomic E-state index is -1.06. The summed E-state index contributed by atoms with van der Waals surface area (Å²) < 4.78 is 1.75. The molecule has 1 amide bonds. The number of carbonyl (C=O) groups is 2. The van der Waals surface area contributed by atoms with E-state index in [9.17, 15) is 14.7 Å². The van der Waals surface area contributed by atoms with Gasteiger partial charge in [-0.05, 0) is 29.1 Å². The smallest absolute Gasteiger partial charge is 0.326 e. The number of rotatable bonds is 6. The van der Waals surface area contributed by atoms with Gasteiger partial charge in [-0.25, -0.2) is 4.79 Å². The first-order valence-corrected chi connectivity index (χ1v) is 8.21. The first kappa shape index (κ1) is 17.0. The van der Waals surface area contributed by atoms with E-state index in [1.165, 1.54) is 0 Å². The number of nitrogens with zero attached hydrogens (tertiary/aromatic N) is 1. The van der Waals surface area contributed by atoms with Crippen molar-refractivity contribution in [3.63, 3.8) is 0 Å². The van der Waals surface area contributed by atoms with Crippen molar-refractivity contribution in [3.05, 3.63) is 71.4 Å². The van der Waals surface area contributed by atoms with Gasteiger partial charge in [-0.2, -0.15) is 0 Å². The van der Waals surface area contributed by atoms with E-state index in [2.05, 4.69) is 5.32 Å². The second-order valence-corrected chi connectivity index (χ2v) is 6.23. The molecule has 2 N–H and O–H groups in total. The van der Waals surface area contributed by atoms with Crippen LogP contribution in [0.5, 0.6) is 0 Å². The molecule has 1 atom stereocenters.